The molecule has 1 aromatic rings. The summed E-state index contributed by atoms with van der Waals surface area (Å²) in [6, 6.07) is 0. The summed E-state index contributed by atoms with van der Waals surface area (Å²) in [5.41, 5.74) is 1.71. The van der Waals surface area contributed by atoms with E-state index in [1.807, 2.05) is 4.57 Å². The van der Waals surface area contributed by atoms with Crippen LogP contribution in [0.4, 0.5) is 0 Å². The van der Waals surface area contributed by atoms with Crippen LogP contribution in [0.5, 0.6) is 0 Å². The van der Waals surface area contributed by atoms with E-state index in [0.717, 1.165) is 26.0 Å². The van der Waals surface area contributed by atoms with Gasteiger partial charge in [0.25, 0.3) is 5.91 Å². The van der Waals surface area contributed by atoms with E-state index in [0.29, 0.717) is 12.4 Å². The number of halogens is 3. The lowest BCUT2D eigenvalue weighted by atomic mass is 10.3. The van der Waals surface area contributed by atoms with Crippen molar-refractivity contribution in [3.63, 3.8) is 0 Å². The van der Waals surface area contributed by atoms with E-state index >= 15 is 0 Å². The van der Waals surface area contributed by atoms with Gasteiger partial charge in [-0.1, -0.05) is 0 Å². The van der Waals surface area contributed by atoms with E-state index < -0.39 is 0 Å². The molecule has 3 nitrogen and oxygen atoms in total. The molecule has 2 heterocycles. The van der Waals surface area contributed by atoms with Gasteiger partial charge in [0.1, 0.15) is 5.69 Å². The second kappa shape index (κ2) is 4.02. The monoisotopic (exact) mass is 388 g/mol. The molecule has 2 rings (SSSR count). The van der Waals surface area contributed by atoms with Gasteiger partial charge in [0.15, 0.2) is 0 Å². The number of nitrogens with one attached hydrogen (secondary N) is 1. The summed E-state index contributed by atoms with van der Waals surface area (Å²) in [5.74, 6) is 0.404. The Labute approximate surface area is 108 Å². The molecule has 0 fully saturated rings. The average molecular weight is 389 g/mol. The summed E-state index contributed by atoms with van der Waals surface area (Å²) in [6.45, 7) is 1.47. The van der Waals surface area contributed by atoms with Crippen LogP contribution in [0.1, 0.15) is 16.2 Å². The number of carbonyl (C=O) groups is 1. The molecular weight excluding hydrogens is 382 g/mol. The number of aromatic nitrogens is 1. The van der Waals surface area contributed by atoms with Gasteiger partial charge >= 0.3 is 0 Å². The minimum atomic E-state index is -0.0160. The molecule has 0 unspecified atom stereocenters. The summed E-state index contributed by atoms with van der Waals surface area (Å²) in [7, 11) is 0. The first kappa shape index (κ1) is 10.8. The molecule has 1 aliphatic heterocycles. The molecule has 0 aliphatic carbocycles. The highest BCUT2D eigenvalue weighted by molar-refractivity contribution is 14.1. The van der Waals surface area contributed by atoms with Crippen LogP contribution in [0.2, 0.25) is 0 Å². The Bertz CT molecular complexity index is 405. The minimum absolute atomic E-state index is 0.0160. The first-order valence-electron chi connectivity index (χ1n) is 4.07. The normalized spacial score (nSPS) is 15.2. The third kappa shape index (κ3) is 1.49. The molecule has 0 spiro atoms. The maximum absolute atomic E-state index is 11.6. The fraction of sp³-hybridized carbons (Fsp3) is 0.375. The van der Waals surface area contributed by atoms with E-state index in [2.05, 4.69) is 43.8 Å². The maximum atomic E-state index is 11.6. The number of nitrogens with zero attached hydrogens (tertiary/aromatic N) is 1. The Kier molecular flexibility index (Phi) is 3.09. The van der Waals surface area contributed by atoms with Gasteiger partial charge in [-0.2, -0.15) is 0 Å². The van der Waals surface area contributed by atoms with Gasteiger partial charge in [-0.25, -0.2) is 0 Å². The number of alkyl halides is 1. The lowest BCUT2D eigenvalue weighted by molar-refractivity contribution is 0.0926. The topological polar surface area (TPSA) is 34.0 Å². The summed E-state index contributed by atoms with van der Waals surface area (Å²) >= 11 is 11.5. The molecule has 1 aliphatic rings. The standard InChI is InChI=1S/C8H7BrClIN2O/c9-5-4(3-10)13-2-1-12-8(14)7(13)6(5)11/h1-3H2,(H,12,14). The highest BCUT2D eigenvalue weighted by Gasteiger charge is 2.26. The predicted octanol–water partition coefficient (Wildman–Crippen LogP) is 2.34. The molecule has 14 heavy (non-hydrogen) atoms. The van der Waals surface area contributed by atoms with Crippen LogP contribution >= 0.6 is 50.1 Å². The molecule has 0 aromatic carbocycles. The second-order valence-electron chi connectivity index (χ2n) is 2.96. The zero-order chi connectivity index (χ0) is 10.3. The van der Waals surface area contributed by atoms with Crippen LogP contribution in [0.25, 0.3) is 0 Å². The first-order chi connectivity index (χ1) is 6.66. The number of fused-ring (bicyclic) bond motifs is 1. The lowest BCUT2D eigenvalue weighted by Crippen LogP contribution is -2.36. The highest BCUT2D eigenvalue weighted by Crippen LogP contribution is 2.31. The van der Waals surface area contributed by atoms with E-state index in [1.165, 1.54) is 0 Å². The summed E-state index contributed by atoms with van der Waals surface area (Å²) < 4.78 is 3.87. The van der Waals surface area contributed by atoms with Crippen molar-refractivity contribution in [1.29, 1.82) is 0 Å². The molecule has 1 amide bonds. The first-order valence-corrected chi connectivity index (χ1v) is 6.48. The fourth-order valence-electron chi connectivity index (χ4n) is 1.57. The van der Waals surface area contributed by atoms with Gasteiger partial charge in [0.2, 0.25) is 0 Å². The average Bonchev–Trinajstić information content (AvgIpc) is 2.41. The largest absolute Gasteiger partial charge is 0.349 e. The molecule has 0 saturated heterocycles. The van der Waals surface area contributed by atoms with Gasteiger partial charge in [0.05, 0.1) is 13.9 Å². The molecule has 0 atom stereocenters. The van der Waals surface area contributed by atoms with Crippen molar-refractivity contribution in [2.24, 2.45) is 0 Å². The number of hydrogen-bond acceptors (Lipinski definition) is 1. The zero-order valence-corrected chi connectivity index (χ0v) is 11.6. The van der Waals surface area contributed by atoms with Crippen molar-refractivity contribution in [2.75, 3.05) is 6.54 Å². The van der Waals surface area contributed by atoms with Crippen LogP contribution in [0.3, 0.4) is 0 Å². The van der Waals surface area contributed by atoms with Gasteiger partial charge in [0, 0.05) is 18.8 Å². The Morgan fingerprint density at radius 1 is 1.64 bits per heavy atom. The molecule has 1 aromatic heterocycles. The summed E-state index contributed by atoms with van der Waals surface area (Å²) in [4.78, 5) is 11.6. The Morgan fingerprint density at radius 3 is 3.00 bits per heavy atom. The highest BCUT2D eigenvalue weighted by atomic mass is 127. The fourth-order valence-corrected chi connectivity index (χ4v) is 3.40. The number of rotatable bonds is 1. The van der Waals surface area contributed by atoms with E-state index in [-0.39, 0.29) is 5.91 Å². The van der Waals surface area contributed by atoms with Crippen LogP contribution in [-0.4, -0.2) is 17.0 Å². The Morgan fingerprint density at radius 2 is 2.36 bits per heavy atom. The molecule has 6 heteroatoms. The van der Waals surface area contributed by atoms with Crippen molar-refractivity contribution in [2.45, 2.75) is 12.4 Å². The van der Waals surface area contributed by atoms with Crippen molar-refractivity contribution in [1.82, 2.24) is 9.88 Å². The molecule has 76 valence electrons. The number of amides is 1. The van der Waals surface area contributed by atoms with Crippen molar-refractivity contribution < 1.29 is 4.79 Å². The van der Waals surface area contributed by atoms with Crippen LogP contribution < -0.4 is 5.32 Å². The maximum Gasteiger partial charge on any atom is 0.269 e. The Balaban J connectivity index is 2.67. The third-order valence-corrected chi connectivity index (χ3v) is 5.11. The van der Waals surface area contributed by atoms with E-state index in [1.54, 1.807) is 0 Å². The smallest absolute Gasteiger partial charge is 0.269 e. The zero-order valence-electron chi connectivity index (χ0n) is 7.11. The van der Waals surface area contributed by atoms with Gasteiger partial charge in [-0.15, -0.1) is 11.6 Å². The van der Waals surface area contributed by atoms with Crippen LogP contribution in [0, 0.1) is 3.57 Å². The lowest BCUT2D eigenvalue weighted by Gasteiger charge is -2.17. The molecule has 1 N–H and O–H groups in total. The number of carbonyl (C=O) groups excluding carboxylic acids is 1. The minimum Gasteiger partial charge on any atom is -0.349 e. The predicted molar refractivity (Wildman–Crippen MR) is 66.7 cm³/mol. The molecule has 0 bridgehead atoms. The van der Waals surface area contributed by atoms with Crippen LogP contribution in [-0.2, 0) is 12.4 Å². The van der Waals surface area contributed by atoms with Gasteiger partial charge in [-0.05, 0) is 38.5 Å². The van der Waals surface area contributed by atoms with Gasteiger partial charge in [-0.3, -0.25) is 4.79 Å². The van der Waals surface area contributed by atoms with Crippen LogP contribution in [0.15, 0.2) is 4.47 Å². The number of hydrogen-bond donors (Lipinski definition) is 1. The van der Waals surface area contributed by atoms with Crippen molar-refractivity contribution >= 4 is 56.0 Å². The van der Waals surface area contributed by atoms with E-state index in [4.69, 9.17) is 11.6 Å². The third-order valence-electron chi connectivity index (χ3n) is 2.21. The molecule has 0 radical (unpaired) electrons. The van der Waals surface area contributed by atoms with E-state index in [9.17, 15) is 4.79 Å². The molecular formula is C8H7BrClIN2O. The quantitative estimate of drug-likeness (QED) is 0.581. The second-order valence-corrected chi connectivity index (χ2v) is 5.10. The van der Waals surface area contributed by atoms with Crippen molar-refractivity contribution in [3.05, 3.63) is 19.4 Å². The van der Waals surface area contributed by atoms with Crippen molar-refractivity contribution in [3.8, 4) is 0 Å². The Hall–Kier alpha value is 0.250. The van der Waals surface area contributed by atoms with Gasteiger partial charge < -0.3 is 9.88 Å². The molecule has 0 saturated carbocycles. The summed E-state index contributed by atoms with van der Waals surface area (Å²) in [6.07, 6.45) is 0. The SMILES string of the molecule is O=C1NCCn2c(CCl)c(Br)c(I)c21. The summed E-state index contributed by atoms with van der Waals surface area (Å²) in [5, 5.41) is 2.82.